The Balaban J connectivity index is 1.90. The topological polar surface area (TPSA) is 54.7 Å². The van der Waals surface area contributed by atoms with Gasteiger partial charge in [-0.2, -0.15) is 0 Å². The summed E-state index contributed by atoms with van der Waals surface area (Å²) in [6.07, 6.45) is 3.96. The Hall–Kier alpha value is -2.07. The second kappa shape index (κ2) is 4.90. The lowest BCUT2D eigenvalue weighted by Gasteiger charge is -1.93. The number of hydrogen-bond acceptors (Lipinski definition) is 2. The van der Waals surface area contributed by atoms with Gasteiger partial charge in [0, 0.05) is 10.2 Å². The zero-order chi connectivity index (χ0) is 13.2. The Bertz CT molecular complexity index is 742. The highest BCUT2D eigenvalue weighted by molar-refractivity contribution is 9.10. The third-order valence-electron chi connectivity index (χ3n) is 2.83. The van der Waals surface area contributed by atoms with Crippen LogP contribution in [0.4, 0.5) is 5.69 Å². The standard InChI is InChI=1S/C15H12BrN3/c16-11-4-7-13-14(9-11)19-15(18-13)8-3-10-1-5-12(17)6-2-10/h1-9H,17H2,(H,18,19)/b8-3+. The monoisotopic (exact) mass is 313 g/mol. The van der Waals surface area contributed by atoms with Gasteiger partial charge in [0.1, 0.15) is 5.82 Å². The molecule has 1 heterocycles. The molecule has 0 spiro atoms. The van der Waals surface area contributed by atoms with Crippen molar-refractivity contribution in [2.24, 2.45) is 0 Å². The van der Waals surface area contributed by atoms with E-state index >= 15 is 0 Å². The van der Waals surface area contributed by atoms with Crippen molar-refractivity contribution < 1.29 is 0 Å². The van der Waals surface area contributed by atoms with Gasteiger partial charge in [-0.15, -0.1) is 0 Å². The van der Waals surface area contributed by atoms with E-state index in [1.165, 1.54) is 0 Å². The lowest BCUT2D eigenvalue weighted by molar-refractivity contribution is 1.29. The number of aromatic amines is 1. The summed E-state index contributed by atoms with van der Waals surface area (Å²) < 4.78 is 1.04. The van der Waals surface area contributed by atoms with Crippen molar-refractivity contribution in [3.05, 3.63) is 58.3 Å². The van der Waals surface area contributed by atoms with Crippen molar-refractivity contribution in [1.82, 2.24) is 9.97 Å². The molecule has 4 heteroatoms. The minimum atomic E-state index is 0.769. The van der Waals surface area contributed by atoms with Crippen LogP contribution < -0.4 is 5.73 Å². The Morgan fingerprint density at radius 2 is 1.84 bits per heavy atom. The Morgan fingerprint density at radius 1 is 1.05 bits per heavy atom. The van der Waals surface area contributed by atoms with Crippen LogP contribution in [0.2, 0.25) is 0 Å². The Morgan fingerprint density at radius 3 is 2.63 bits per heavy atom. The van der Waals surface area contributed by atoms with Gasteiger partial charge in [-0.25, -0.2) is 4.98 Å². The molecule has 2 aromatic carbocycles. The third-order valence-corrected chi connectivity index (χ3v) is 3.33. The van der Waals surface area contributed by atoms with E-state index in [4.69, 9.17) is 5.73 Å². The van der Waals surface area contributed by atoms with Crippen LogP contribution in [-0.4, -0.2) is 9.97 Å². The molecular formula is C15H12BrN3. The van der Waals surface area contributed by atoms with E-state index in [-0.39, 0.29) is 0 Å². The van der Waals surface area contributed by atoms with Gasteiger partial charge in [0.2, 0.25) is 0 Å². The van der Waals surface area contributed by atoms with E-state index in [2.05, 4.69) is 25.9 Å². The van der Waals surface area contributed by atoms with Gasteiger partial charge in [-0.3, -0.25) is 0 Å². The summed E-state index contributed by atoms with van der Waals surface area (Å²) in [5.74, 6) is 0.838. The van der Waals surface area contributed by atoms with Crippen LogP contribution in [0.5, 0.6) is 0 Å². The van der Waals surface area contributed by atoms with Gasteiger partial charge in [-0.05, 0) is 42.0 Å². The molecule has 0 aliphatic carbocycles. The summed E-state index contributed by atoms with van der Waals surface area (Å²) in [5.41, 5.74) is 9.49. The number of nitrogens with one attached hydrogen (secondary N) is 1. The zero-order valence-electron chi connectivity index (χ0n) is 10.1. The van der Waals surface area contributed by atoms with Gasteiger partial charge in [0.25, 0.3) is 0 Å². The molecule has 0 atom stereocenters. The number of benzene rings is 2. The van der Waals surface area contributed by atoms with Crippen LogP contribution in [0.3, 0.4) is 0 Å². The van der Waals surface area contributed by atoms with Crippen LogP contribution in [0.15, 0.2) is 46.9 Å². The molecule has 0 radical (unpaired) electrons. The molecule has 1 aromatic heterocycles. The molecule has 0 saturated carbocycles. The summed E-state index contributed by atoms with van der Waals surface area (Å²) in [4.78, 5) is 7.76. The average Bonchev–Trinajstić information content (AvgIpc) is 2.80. The minimum absolute atomic E-state index is 0.769. The van der Waals surface area contributed by atoms with E-state index in [0.717, 1.165) is 32.6 Å². The summed E-state index contributed by atoms with van der Waals surface area (Å²) in [6, 6.07) is 13.7. The molecular weight excluding hydrogens is 302 g/mol. The van der Waals surface area contributed by atoms with Crippen molar-refractivity contribution in [2.45, 2.75) is 0 Å². The fourth-order valence-electron chi connectivity index (χ4n) is 1.86. The molecule has 0 aliphatic heterocycles. The lowest BCUT2D eigenvalue weighted by Crippen LogP contribution is -1.82. The molecule has 19 heavy (non-hydrogen) atoms. The first-order valence-electron chi connectivity index (χ1n) is 5.89. The van der Waals surface area contributed by atoms with Crippen molar-refractivity contribution in [1.29, 1.82) is 0 Å². The molecule has 3 aromatic rings. The maximum Gasteiger partial charge on any atom is 0.131 e. The molecule has 3 nitrogen and oxygen atoms in total. The number of anilines is 1. The van der Waals surface area contributed by atoms with Crippen molar-refractivity contribution in [2.75, 3.05) is 5.73 Å². The highest BCUT2D eigenvalue weighted by atomic mass is 79.9. The van der Waals surface area contributed by atoms with Gasteiger partial charge in [0.05, 0.1) is 11.0 Å². The van der Waals surface area contributed by atoms with Gasteiger partial charge >= 0.3 is 0 Å². The Labute approximate surface area is 119 Å². The minimum Gasteiger partial charge on any atom is -0.399 e. The summed E-state index contributed by atoms with van der Waals surface area (Å²) in [6.45, 7) is 0. The lowest BCUT2D eigenvalue weighted by atomic mass is 10.2. The van der Waals surface area contributed by atoms with E-state index in [1.807, 2.05) is 54.6 Å². The summed E-state index contributed by atoms with van der Waals surface area (Å²) in [5, 5.41) is 0. The van der Waals surface area contributed by atoms with E-state index in [1.54, 1.807) is 0 Å². The molecule has 0 saturated heterocycles. The van der Waals surface area contributed by atoms with Crippen LogP contribution in [0.25, 0.3) is 23.2 Å². The van der Waals surface area contributed by atoms with E-state index in [0.29, 0.717) is 0 Å². The number of aromatic nitrogens is 2. The highest BCUT2D eigenvalue weighted by Crippen LogP contribution is 2.18. The number of nitrogens with zero attached hydrogens (tertiary/aromatic N) is 1. The number of hydrogen-bond donors (Lipinski definition) is 2. The zero-order valence-corrected chi connectivity index (χ0v) is 11.7. The smallest absolute Gasteiger partial charge is 0.131 e. The molecule has 0 amide bonds. The summed E-state index contributed by atoms with van der Waals surface area (Å²) in [7, 11) is 0. The number of nitrogens with two attached hydrogens (primary N) is 1. The SMILES string of the molecule is Nc1ccc(/C=C/c2nc3ccc(Br)cc3[nH]2)cc1. The molecule has 0 aliphatic rings. The molecule has 0 fully saturated rings. The maximum atomic E-state index is 5.65. The van der Waals surface area contributed by atoms with Gasteiger partial charge in [-0.1, -0.05) is 34.1 Å². The summed E-state index contributed by atoms with van der Waals surface area (Å²) >= 11 is 3.45. The van der Waals surface area contributed by atoms with E-state index in [9.17, 15) is 0 Å². The molecule has 0 unspecified atom stereocenters. The number of imidazole rings is 1. The number of halogens is 1. The maximum absolute atomic E-state index is 5.65. The van der Waals surface area contributed by atoms with Crippen LogP contribution in [0, 0.1) is 0 Å². The van der Waals surface area contributed by atoms with Gasteiger partial charge in [0.15, 0.2) is 0 Å². The first kappa shape index (κ1) is 12.0. The van der Waals surface area contributed by atoms with Gasteiger partial charge < -0.3 is 10.7 Å². The fraction of sp³-hybridized carbons (Fsp3) is 0. The van der Waals surface area contributed by atoms with Crippen LogP contribution in [-0.2, 0) is 0 Å². The number of nitrogen functional groups attached to an aromatic ring is 1. The first-order valence-corrected chi connectivity index (χ1v) is 6.69. The third kappa shape index (κ3) is 2.69. The Kier molecular flexibility index (Phi) is 3.09. The second-order valence-corrected chi connectivity index (χ2v) is 5.20. The fourth-order valence-corrected chi connectivity index (χ4v) is 2.22. The largest absolute Gasteiger partial charge is 0.399 e. The van der Waals surface area contributed by atoms with Crippen LogP contribution in [0.1, 0.15) is 11.4 Å². The number of rotatable bonds is 2. The molecule has 94 valence electrons. The van der Waals surface area contributed by atoms with Crippen molar-refractivity contribution in [3.8, 4) is 0 Å². The first-order chi connectivity index (χ1) is 9.20. The predicted molar refractivity (Wildman–Crippen MR) is 83.6 cm³/mol. The normalized spacial score (nSPS) is 11.4. The van der Waals surface area contributed by atoms with Crippen LogP contribution >= 0.6 is 15.9 Å². The van der Waals surface area contributed by atoms with Crippen molar-refractivity contribution >= 4 is 44.8 Å². The number of H-pyrrole nitrogens is 1. The molecule has 3 N–H and O–H groups in total. The number of fused-ring (bicyclic) bond motifs is 1. The highest BCUT2D eigenvalue weighted by Gasteiger charge is 2.00. The molecule has 3 rings (SSSR count). The van der Waals surface area contributed by atoms with E-state index < -0.39 is 0 Å². The predicted octanol–water partition coefficient (Wildman–Crippen LogP) is 4.08. The second-order valence-electron chi connectivity index (χ2n) is 4.28. The molecule has 0 bridgehead atoms. The quantitative estimate of drug-likeness (QED) is 0.700. The average molecular weight is 314 g/mol. The van der Waals surface area contributed by atoms with Crippen molar-refractivity contribution in [3.63, 3.8) is 0 Å².